The third-order valence-electron chi connectivity index (χ3n) is 1.31. The first-order valence-corrected chi connectivity index (χ1v) is 5.61. The summed E-state index contributed by atoms with van der Waals surface area (Å²) in [6, 6.07) is 0. The Labute approximate surface area is 72.6 Å². The van der Waals surface area contributed by atoms with E-state index in [1.165, 1.54) is 0 Å². The molecule has 0 saturated carbocycles. The molecule has 0 saturated heterocycles. The summed E-state index contributed by atoms with van der Waals surface area (Å²) in [4.78, 5) is 0. The monoisotopic (exact) mass is 188 g/mol. The molecule has 0 aliphatic heterocycles. The number of hydrogen-bond acceptors (Lipinski definition) is 1. The van der Waals surface area contributed by atoms with Crippen LogP contribution < -0.4 is 0 Å². The van der Waals surface area contributed by atoms with Gasteiger partial charge < -0.3 is 9.11 Å². The maximum absolute atomic E-state index is 11.2. The van der Waals surface area contributed by atoms with Crippen molar-refractivity contribution in [1.29, 1.82) is 0 Å². The van der Waals surface area contributed by atoms with Crippen molar-refractivity contribution in [3.8, 4) is 24.7 Å². The van der Waals surface area contributed by atoms with Gasteiger partial charge in [0.1, 0.15) is 0 Å². The summed E-state index contributed by atoms with van der Waals surface area (Å²) in [6.45, 7) is 0. The molecule has 12 heavy (non-hydrogen) atoms. The molecule has 0 aromatic heterocycles. The summed E-state index contributed by atoms with van der Waals surface area (Å²) < 4.78 is 29.5. The highest BCUT2D eigenvalue weighted by atomic mass is 32.3. The molecule has 0 unspecified atom stereocenters. The molecule has 0 fully saturated rings. The van der Waals surface area contributed by atoms with Gasteiger partial charge in [-0.15, -0.1) is 24.7 Å². The Morgan fingerprint density at radius 2 is 1.42 bits per heavy atom. The second-order valence-electron chi connectivity index (χ2n) is 2.50. The maximum atomic E-state index is 11.2. The van der Waals surface area contributed by atoms with Gasteiger partial charge in [0.25, 0.3) is 0 Å². The van der Waals surface area contributed by atoms with Crippen LogP contribution in [0.1, 0.15) is 12.8 Å². The van der Waals surface area contributed by atoms with Crippen molar-refractivity contribution >= 4 is 9.63 Å². The van der Waals surface area contributed by atoms with Gasteiger partial charge in [-0.3, -0.25) is 0 Å². The van der Waals surface area contributed by atoms with Crippen LogP contribution in [0.4, 0.5) is 0 Å². The second kappa shape index (κ2) is 3.73. The second-order valence-corrected chi connectivity index (χ2v) is 5.69. The van der Waals surface area contributed by atoms with Crippen molar-refractivity contribution < 1.29 is 13.3 Å². The Balaban J connectivity index is 4.23. The molecule has 0 spiro atoms. The topological polar surface area (TPSA) is 57.5 Å². The minimum atomic E-state index is -4.50. The zero-order valence-corrected chi connectivity index (χ0v) is 7.51. The van der Waals surface area contributed by atoms with Gasteiger partial charge in [-0.05, 0) is 0 Å². The predicted octanol–water partition coefficient (Wildman–Crippen LogP) is 0.799. The van der Waals surface area contributed by atoms with E-state index < -0.39 is 9.63 Å². The fourth-order valence-corrected chi connectivity index (χ4v) is 1.89. The maximum Gasteiger partial charge on any atom is 0.0844 e. The minimum absolute atomic E-state index is 0.0724. The first-order valence-electron chi connectivity index (χ1n) is 3.39. The normalized spacial score (nSPS) is 13.8. The SMILES string of the molecule is C#CCCS(=O)(O)(O)CCC#C. The van der Waals surface area contributed by atoms with Crippen LogP contribution in [0.3, 0.4) is 0 Å². The molecule has 3 nitrogen and oxygen atoms in total. The Morgan fingerprint density at radius 1 is 1.08 bits per heavy atom. The number of hydrogen-bond donors (Lipinski definition) is 2. The lowest BCUT2D eigenvalue weighted by Gasteiger charge is -2.28. The van der Waals surface area contributed by atoms with Crippen LogP contribution >= 0.6 is 0 Å². The summed E-state index contributed by atoms with van der Waals surface area (Å²) in [5.74, 6) is 3.77. The van der Waals surface area contributed by atoms with Gasteiger partial charge in [-0.1, -0.05) is 0 Å². The van der Waals surface area contributed by atoms with E-state index in [4.69, 9.17) is 22.0 Å². The summed E-state index contributed by atoms with van der Waals surface area (Å²) in [5, 5.41) is 0. The molecular weight excluding hydrogens is 176 g/mol. The summed E-state index contributed by atoms with van der Waals surface area (Å²) in [5.41, 5.74) is 0. The molecule has 0 aromatic rings. The lowest BCUT2D eigenvalue weighted by atomic mass is 10.5. The lowest BCUT2D eigenvalue weighted by Crippen LogP contribution is -2.38. The highest BCUT2D eigenvalue weighted by Crippen LogP contribution is 2.18. The van der Waals surface area contributed by atoms with E-state index in [0.29, 0.717) is 0 Å². The van der Waals surface area contributed by atoms with Gasteiger partial charge in [-0.25, -0.2) is 4.21 Å². The molecule has 0 aromatic carbocycles. The summed E-state index contributed by atoms with van der Waals surface area (Å²) in [7, 11) is -4.50. The van der Waals surface area contributed by atoms with Crippen molar-refractivity contribution in [1.82, 2.24) is 0 Å². The van der Waals surface area contributed by atoms with Crippen molar-refractivity contribution in [2.45, 2.75) is 12.8 Å². The number of terminal acetylenes is 2. The van der Waals surface area contributed by atoms with Crippen LogP contribution in [-0.4, -0.2) is 24.8 Å². The molecule has 4 heteroatoms. The van der Waals surface area contributed by atoms with Gasteiger partial charge in [0.2, 0.25) is 0 Å². The minimum Gasteiger partial charge on any atom is -0.308 e. The first kappa shape index (κ1) is 11.2. The van der Waals surface area contributed by atoms with Crippen LogP contribution in [0.25, 0.3) is 0 Å². The highest BCUT2D eigenvalue weighted by Gasteiger charge is 2.27. The van der Waals surface area contributed by atoms with E-state index in [-0.39, 0.29) is 24.3 Å². The smallest absolute Gasteiger partial charge is 0.0844 e. The van der Waals surface area contributed by atoms with Crippen molar-refractivity contribution in [2.24, 2.45) is 0 Å². The van der Waals surface area contributed by atoms with Gasteiger partial charge in [0, 0.05) is 12.8 Å². The molecule has 0 aliphatic carbocycles. The largest absolute Gasteiger partial charge is 0.308 e. The first-order chi connectivity index (χ1) is 5.39. The van der Waals surface area contributed by atoms with E-state index in [1.54, 1.807) is 0 Å². The molecule has 0 radical (unpaired) electrons. The summed E-state index contributed by atoms with van der Waals surface area (Å²) in [6.07, 6.45) is 9.92. The molecule has 0 heterocycles. The molecule has 0 aliphatic rings. The Bertz CT molecular complexity index is 262. The van der Waals surface area contributed by atoms with Crippen molar-refractivity contribution in [3.05, 3.63) is 0 Å². The molecular formula is C8H12O3S. The fraction of sp³-hybridized carbons (Fsp3) is 0.500. The van der Waals surface area contributed by atoms with E-state index in [1.807, 2.05) is 0 Å². The molecule has 0 atom stereocenters. The fourth-order valence-electron chi connectivity index (χ4n) is 0.630. The van der Waals surface area contributed by atoms with Crippen molar-refractivity contribution in [3.63, 3.8) is 0 Å². The third-order valence-corrected chi connectivity index (χ3v) is 3.36. The Kier molecular flexibility index (Phi) is 3.48. The quantitative estimate of drug-likeness (QED) is 0.641. The standard InChI is InChI=1S/C8H12O3S/c1-3-5-7-12(9,10,11)8-6-4-2/h1-2H,5-8H2,(H2,9,10,11). The molecule has 68 valence electrons. The van der Waals surface area contributed by atoms with Crippen LogP contribution in [0.15, 0.2) is 0 Å². The molecule has 0 amide bonds. The van der Waals surface area contributed by atoms with E-state index in [9.17, 15) is 4.21 Å². The lowest BCUT2D eigenvalue weighted by molar-refractivity contribution is 0.390. The van der Waals surface area contributed by atoms with E-state index in [2.05, 4.69) is 11.8 Å². The van der Waals surface area contributed by atoms with Gasteiger partial charge in [0.15, 0.2) is 0 Å². The van der Waals surface area contributed by atoms with Crippen LogP contribution in [0.5, 0.6) is 0 Å². The van der Waals surface area contributed by atoms with Crippen LogP contribution in [-0.2, 0) is 9.63 Å². The van der Waals surface area contributed by atoms with E-state index >= 15 is 0 Å². The van der Waals surface area contributed by atoms with Crippen LogP contribution in [0, 0.1) is 24.7 Å². The Hall–Kier alpha value is -0.810. The zero-order chi connectivity index (χ0) is 9.69. The molecule has 2 N–H and O–H groups in total. The van der Waals surface area contributed by atoms with E-state index in [0.717, 1.165) is 0 Å². The van der Waals surface area contributed by atoms with Gasteiger partial charge in [0.05, 0.1) is 21.1 Å². The zero-order valence-electron chi connectivity index (χ0n) is 6.69. The van der Waals surface area contributed by atoms with Gasteiger partial charge in [-0.2, -0.15) is 0 Å². The summed E-state index contributed by atoms with van der Waals surface area (Å²) >= 11 is 0. The number of rotatable bonds is 4. The Morgan fingerprint density at radius 3 is 1.67 bits per heavy atom. The van der Waals surface area contributed by atoms with Crippen molar-refractivity contribution in [2.75, 3.05) is 11.5 Å². The third kappa shape index (κ3) is 4.92. The predicted molar refractivity (Wildman–Crippen MR) is 50.0 cm³/mol. The average Bonchev–Trinajstić information content (AvgIpc) is 1.97. The average molecular weight is 188 g/mol. The van der Waals surface area contributed by atoms with Crippen LogP contribution in [0.2, 0.25) is 0 Å². The van der Waals surface area contributed by atoms with Gasteiger partial charge >= 0.3 is 0 Å². The highest BCUT2D eigenvalue weighted by molar-refractivity contribution is 8.10. The molecule has 0 bridgehead atoms. The molecule has 0 rings (SSSR count).